The predicted molar refractivity (Wildman–Crippen MR) is 60.1 cm³/mol. The molecule has 5 heteroatoms. The molecule has 0 spiro atoms. The Morgan fingerprint density at radius 2 is 2.38 bits per heavy atom. The van der Waals surface area contributed by atoms with E-state index in [0.717, 1.165) is 6.42 Å². The van der Waals surface area contributed by atoms with Gasteiger partial charge in [0.15, 0.2) is 0 Å². The summed E-state index contributed by atoms with van der Waals surface area (Å²) < 4.78 is 0. The molecular weight excluding hydrogens is 208 g/mol. The fourth-order valence-electron chi connectivity index (χ4n) is 1.52. The molecule has 0 aliphatic carbocycles. The fourth-order valence-corrected chi connectivity index (χ4v) is 1.52. The van der Waals surface area contributed by atoms with Crippen molar-refractivity contribution < 1.29 is 15.0 Å². The number of aliphatic hydroxyl groups excluding tert-OH is 2. The highest BCUT2D eigenvalue weighted by atomic mass is 16.3. The van der Waals surface area contributed by atoms with Gasteiger partial charge in [0.25, 0.3) is 0 Å². The second-order valence-corrected chi connectivity index (χ2v) is 3.82. The lowest BCUT2D eigenvalue weighted by atomic mass is 10.1. The molecule has 1 aliphatic heterocycles. The van der Waals surface area contributed by atoms with E-state index in [2.05, 4.69) is 0 Å². The quantitative estimate of drug-likeness (QED) is 0.580. The molecule has 1 aliphatic rings. The summed E-state index contributed by atoms with van der Waals surface area (Å²) in [7, 11) is 0. The minimum absolute atomic E-state index is 0.210. The highest BCUT2D eigenvalue weighted by Gasteiger charge is 2.10. The lowest BCUT2D eigenvalue weighted by Crippen LogP contribution is -2.22. The molecule has 1 amide bonds. The van der Waals surface area contributed by atoms with E-state index in [-0.39, 0.29) is 6.61 Å². The summed E-state index contributed by atoms with van der Waals surface area (Å²) in [5.41, 5.74) is 5.78. The van der Waals surface area contributed by atoms with Gasteiger partial charge >= 0.3 is 0 Å². The number of rotatable bonds is 6. The van der Waals surface area contributed by atoms with Crippen molar-refractivity contribution in [3.8, 4) is 0 Å². The van der Waals surface area contributed by atoms with Gasteiger partial charge in [-0.05, 0) is 25.5 Å². The number of amides is 1. The van der Waals surface area contributed by atoms with Crippen LogP contribution in [0.15, 0.2) is 24.0 Å². The van der Waals surface area contributed by atoms with Gasteiger partial charge in [-0.25, -0.2) is 0 Å². The van der Waals surface area contributed by atoms with E-state index in [0.29, 0.717) is 25.0 Å². The largest absolute Gasteiger partial charge is 0.394 e. The van der Waals surface area contributed by atoms with Crippen molar-refractivity contribution >= 4 is 5.91 Å². The van der Waals surface area contributed by atoms with Gasteiger partial charge in [-0.3, -0.25) is 4.79 Å². The summed E-state index contributed by atoms with van der Waals surface area (Å²) in [5, 5.41) is 17.8. The van der Waals surface area contributed by atoms with Crippen LogP contribution in [0.4, 0.5) is 0 Å². The van der Waals surface area contributed by atoms with Gasteiger partial charge in [0.1, 0.15) is 0 Å². The minimum atomic E-state index is -0.659. The molecule has 4 N–H and O–H groups in total. The smallest absolute Gasteiger partial charge is 0.246 e. The molecular formula is C11H18N2O3. The highest BCUT2D eigenvalue weighted by Crippen LogP contribution is 2.12. The van der Waals surface area contributed by atoms with Gasteiger partial charge < -0.3 is 20.8 Å². The van der Waals surface area contributed by atoms with Crippen molar-refractivity contribution in [3.63, 3.8) is 0 Å². The molecule has 1 rings (SSSR count). The Balaban J connectivity index is 2.34. The average molecular weight is 226 g/mol. The first kappa shape index (κ1) is 12.7. The Morgan fingerprint density at radius 3 is 3.00 bits per heavy atom. The Labute approximate surface area is 94.9 Å². The summed E-state index contributed by atoms with van der Waals surface area (Å²) in [6, 6.07) is 0. The van der Waals surface area contributed by atoms with Gasteiger partial charge in [0.2, 0.25) is 5.91 Å². The molecule has 90 valence electrons. The maximum absolute atomic E-state index is 10.9. The third-order valence-corrected chi connectivity index (χ3v) is 2.44. The van der Waals surface area contributed by atoms with Gasteiger partial charge in [0, 0.05) is 18.3 Å². The highest BCUT2D eigenvalue weighted by molar-refractivity contribution is 5.92. The Bertz CT molecular complexity index is 300. The summed E-state index contributed by atoms with van der Waals surface area (Å²) in [5.74, 6) is -0.398. The number of nitrogens with two attached hydrogens (primary N) is 1. The van der Waals surface area contributed by atoms with Gasteiger partial charge in [-0.15, -0.1) is 0 Å². The molecule has 0 aromatic carbocycles. The number of hydrogen-bond donors (Lipinski definition) is 3. The van der Waals surface area contributed by atoms with Crippen LogP contribution in [-0.2, 0) is 4.79 Å². The van der Waals surface area contributed by atoms with Crippen molar-refractivity contribution in [2.75, 3.05) is 13.2 Å². The van der Waals surface area contributed by atoms with Crippen LogP contribution >= 0.6 is 0 Å². The molecule has 0 aromatic heterocycles. The minimum Gasteiger partial charge on any atom is -0.394 e. The van der Waals surface area contributed by atoms with Crippen LogP contribution in [0.25, 0.3) is 0 Å². The number of primary amides is 1. The molecule has 0 bridgehead atoms. The lowest BCUT2D eigenvalue weighted by Gasteiger charge is -2.20. The molecule has 1 heterocycles. The fraction of sp³-hybridized carbons (Fsp3) is 0.545. The van der Waals surface area contributed by atoms with Crippen LogP contribution in [0.1, 0.15) is 19.3 Å². The molecule has 0 aromatic rings. The van der Waals surface area contributed by atoms with E-state index in [1.807, 2.05) is 17.2 Å². The average Bonchev–Trinajstić information content (AvgIpc) is 2.29. The van der Waals surface area contributed by atoms with Gasteiger partial charge in [-0.2, -0.15) is 0 Å². The molecule has 0 saturated heterocycles. The number of aliphatic hydroxyl groups is 2. The SMILES string of the molecule is NC(=O)C1=CN(CCC[C@H](O)CO)C=CC1. The molecule has 0 unspecified atom stereocenters. The first-order valence-electron chi connectivity index (χ1n) is 5.35. The first-order valence-corrected chi connectivity index (χ1v) is 5.35. The second-order valence-electron chi connectivity index (χ2n) is 3.82. The zero-order chi connectivity index (χ0) is 12.0. The Hall–Kier alpha value is -1.33. The number of hydrogen-bond acceptors (Lipinski definition) is 4. The van der Waals surface area contributed by atoms with Gasteiger partial charge in [-0.1, -0.05) is 6.08 Å². The third kappa shape index (κ3) is 4.04. The zero-order valence-corrected chi connectivity index (χ0v) is 9.17. The molecule has 1 atom stereocenters. The molecule has 0 fully saturated rings. The number of nitrogens with zero attached hydrogens (tertiary/aromatic N) is 1. The normalized spacial score (nSPS) is 17.1. The number of carbonyl (C=O) groups is 1. The van der Waals surface area contributed by atoms with Crippen LogP contribution in [0, 0.1) is 0 Å². The molecule has 5 nitrogen and oxygen atoms in total. The standard InChI is InChI=1S/C11H18N2O3/c12-11(16)9-3-1-5-13(7-9)6-2-4-10(15)8-14/h1,5,7,10,14-15H,2-4,6,8H2,(H2,12,16)/t10-/m0/s1. The first-order chi connectivity index (χ1) is 7.63. The maximum atomic E-state index is 10.9. The van der Waals surface area contributed by atoms with Crippen LogP contribution in [-0.4, -0.2) is 40.3 Å². The van der Waals surface area contributed by atoms with E-state index in [9.17, 15) is 4.79 Å². The van der Waals surface area contributed by atoms with E-state index < -0.39 is 12.0 Å². The van der Waals surface area contributed by atoms with Crippen molar-refractivity contribution in [3.05, 3.63) is 24.0 Å². The second kappa shape index (κ2) is 6.30. The van der Waals surface area contributed by atoms with Crippen LogP contribution in [0.2, 0.25) is 0 Å². The van der Waals surface area contributed by atoms with E-state index in [4.69, 9.17) is 15.9 Å². The summed E-state index contributed by atoms with van der Waals surface area (Å²) in [6.45, 7) is 0.489. The van der Waals surface area contributed by atoms with Crippen LogP contribution in [0.5, 0.6) is 0 Å². The molecule has 16 heavy (non-hydrogen) atoms. The van der Waals surface area contributed by atoms with Crippen LogP contribution < -0.4 is 5.73 Å². The van der Waals surface area contributed by atoms with Crippen LogP contribution in [0.3, 0.4) is 0 Å². The molecule has 0 radical (unpaired) electrons. The van der Waals surface area contributed by atoms with Crippen molar-refractivity contribution in [1.82, 2.24) is 4.90 Å². The lowest BCUT2D eigenvalue weighted by molar-refractivity contribution is -0.114. The summed E-state index contributed by atoms with van der Waals surface area (Å²) in [6.07, 6.45) is 6.70. The summed E-state index contributed by atoms with van der Waals surface area (Å²) >= 11 is 0. The summed E-state index contributed by atoms with van der Waals surface area (Å²) in [4.78, 5) is 12.8. The Morgan fingerprint density at radius 1 is 1.62 bits per heavy atom. The van der Waals surface area contributed by atoms with Gasteiger partial charge in [0.05, 0.1) is 12.7 Å². The number of allylic oxidation sites excluding steroid dienone is 1. The Kier molecular flexibility index (Phi) is 5.01. The van der Waals surface area contributed by atoms with E-state index in [1.165, 1.54) is 0 Å². The van der Waals surface area contributed by atoms with E-state index >= 15 is 0 Å². The van der Waals surface area contributed by atoms with Crippen molar-refractivity contribution in [2.24, 2.45) is 5.73 Å². The monoisotopic (exact) mass is 226 g/mol. The topological polar surface area (TPSA) is 86.8 Å². The van der Waals surface area contributed by atoms with E-state index in [1.54, 1.807) is 6.20 Å². The third-order valence-electron chi connectivity index (χ3n) is 2.44. The van der Waals surface area contributed by atoms with Crippen molar-refractivity contribution in [2.45, 2.75) is 25.4 Å². The zero-order valence-electron chi connectivity index (χ0n) is 9.17. The maximum Gasteiger partial charge on any atom is 0.246 e. The number of carbonyl (C=O) groups excluding carboxylic acids is 1. The molecule has 0 saturated carbocycles. The predicted octanol–water partition coefficient (Wildman–Crippen LogP) is -0.292. The van der Waals surface area contributed by atoms with Crippen molar-refractivity contribution in [1.29, 1.82) is 0 Å².